The van der Waals surface area contributed by atoms with Crippen LogP contribution < -0.4 is 15.4 Å². The molecule has 0 spiro atoms. The lowest BCUT2D eigenvalue weighted by Gasteiger charge is -2.23. The maximum Gasteiger partial charge on any atom is 0.254 e. The number of rotatable bonds is 5. The lowest BCUT2D eigenvalue weighted by molar-refractivity contribution is 0.0930. The van der Waals surface area contributed by atoms with Gasteiger partial charge in [0.25, 0.3) is 5.91 Å². The zero-order chi connectivity index (χ0) is 16.1. The summed E-state index contributed by atoms with van der Waals surface area (Å²) in [4.78, 5) is 12.3. The first-order valence-electron chi connectivity index (χ1n) is 7.91. The molecule has 1 unspecified atom stereocenters. The molecule has 2 N–H and O–H groups in total. The number of ether oxygens (including phenoxy) is 1. The minimum atomic E-state index is -0.0559. The van der Waals surface area contributed by atoms with E-state index >= 15 is 0 Å². The van der Waals surface area contributed by atoms with E-state index in [1.165, 1.54) is 0 Å². The van der Waals surface area contributed by atoms with Crippen molar-refractivity contribution >= 4 is 5.91 Å². The van der Waals surface area contributed by atoms with E-state index in [9.17, 15) is 4.79 Å². The second kappa shape index (κ2) is 7.28. The van der Waals surface area contributed by atoms with Crippen molar-refractivity contribution in [1.82, 2.24) is 20.4 Å². The molecule has 6 heteroatoms. The van der Waals surface area contributed by atoms with Gasteiger partial charge in [0.05, 0.1) is 25.4 Å². The van der Waals surface area contributed by atoms with E-state index in [4.69, 9.17) is 4.74 Å². The van der Waals surface area contributed by atoms with Crippen molar-refractivity contribution < 1.29 is 9.53 Å². The molecule has 0 radical (unpaired) electrons. The van der Waals surface area contributed by atoms with Crippen molar-refractivity contribution in [3.8, 4) is 5.75 Å². The van der Waals surface area contributed by atoms with Crippen LogP contribution in [0.1, 0.15) is 28.8 Å². The highest BCUT2D eigenvalue weighted by molar-refractivity contribution is 5.93. The molecule has 23 heavy (non-hydrogen) atoms. The summed E-state index contributed by atoms with van der Waals surface area (Å²) in [5.74, 6) is 0.773. The molecule has 0 saturated carbocycles. The molecule has 122 valence electrons. The van der Waals surface area contributed by atoms with Crippen LogP contribution in [-0.2, 0) is 6.54 Å². The zero-order valence-corrected chi connectivity index (χ0v) is 13.3. The minimum absolute atomic E-state index is 0.0559. The van der Waals surface area contributed by atoms with E-state index in [1.54, 1.807) is 24.2 Å². The Kier molecular flexibility index (Phi) is 4.92. The van der Waals surface area contributed by atoms with Crippen molar-refractivity contribution in [1.29, 1.82) is 0 Å². The fraction of sp³-hybridized carbons (Fsp3) is 0.412. The molecular formula is C17H22N4O2. The van der Waals surface area contributed by atoms with Gasteiger partial charge in [0.2, 0.25) is 0 Å². The first-order chi connectivity index (χ1) is 11.2. The van der Waals surface area contributed by atoms with E-state index in [1.807, 2.05) is 24.3 Å². The number of nitrogens with zero attached hydrogens (tertiary/aromatic N) is 2. The number of nitrogens with one attached hydrogen (secondary N) is 2. The second-order valence-corrected chi connectivity index (χ2v) is 5.79. The van der Waals surface area contributed by atoms with Gasteiger partial charge >= 0.3 is 0 Å². The number of aromatic nitrogens is 2. The third-order valence-corrected chi connectivity index (χ3v) is 4.03. The largest absolute Gasteiger partial charge is 0.497 e. The summed E-state index contributed by atoms with van der Waals surface area (Å²) in [6.45, 7) is 2.50. The normalized spacial score (nSPS) is 17.7. The lowest BCUT2D eigenvalue weighted by Crippen LogP contribution is -2.45. The Labute approximate surface area is 135 Å². The molecule has 1 atom stereocenters. The van der Waals surface area contributed by atoms with Crippen LogP contribution in [0.15, 0.2) is 36.7 Å². The molecule has 1 amide bonds. The summed E-state index contributed by atoms with van der Waals surface area (Å²) in [7, 11) is 1.65. The minimum Gasteiger partial charge on any atom is -0.497 e. The Morgan fingerprint density at radius 3 is 2.96 bits per heavy atom. The zero-order valence-electron chi connectivity index (χ0n) is 13.3. The molecule has 0 bridgehead atoms. The van der Waals surface area contributed by atoms with Gasteiger partial charge in [-0.15, -0.1) is 0 Å². The standard InChI is InChI=1S/C17H22N4O2/c1-23-16-6-4-13(5-7-16)11-21-12-14(9-19-21)17(22)20-15-3-2-8-18-10-15/h4-7,9,12,15,18H,2-3,8,10-11H2,1H3,(H,20,22). The Morgan fingerprint density at radius 2 is 2.26 bits per heavy atom. The highest BCUT2D eigenvalue weighted by Gasteiger charge is 2.17. The number of carbonyl (C=O) groups excluding carboxylic acids is 1. The van der Waals surface area contributed by atoms with Crippen LogP contribution >= 0.6 is 0 Å². The monoisotopic (exact) mass is 314 g/mol. The second-order valence-electron chi connectivity index (χ2n) is 5.79. The van der Waals surface area contributed by atoms with Gasteiger partial charge in [0.1, 0.15) is 5.75 Å². The van der Waals surface area contributed by atoms with Crippen LogP contribution in [-0.4, -0.2) is 41.9 Å². The fourth-order valence-electron chi connectivity index (χ4n) is 2.73. The van der Waals surface area contributed by atoms with Gasteiger partial charge in [0.15, 0.2) is 0 Å². The van der Waals surface area contributed by atoms with E-state index in [-0.39, 0.29) is 11.9 Å². The Balaban J connectivity index is 1.59. The number of hydrogen-bond donors (Lipinski definition) is 2. The molecule has 1 fully saturated rings. The first kappa shape index (κ1) is 15.6. The molecule has 1 saturated heterocycles. The van der Waals surface area contributed by atoms with Crippen LogP contribution in [0, 0.1) is 0 Å². The Morgan fingerprint density at radius 1 is 1.43 bits per heavy atom. The molecule has 0 aliphatic carbocycles. The molecule has 3 rings (SSSR count). The molecule has 2 aromatic rings. The quantitative estimate of drug-likeness (QED) is 0.876. The maximum atomic E-state index is 12.3. The van der Waals surface area contributed by atoms with E-state index in [0.717, 1.165) is 37.2 Å². The van der Waals surface area contributed by atoms with Crippen molar-refractivity contribution in [3.05, 3.63) is 47.8 Å². The number of methoxy groups -OCH3 is 1. The summed E-state index contributed by atoms with van der Waals surface area (Å²) in [6, 6.07) is 8.04. The number of amides is 1. The summed E-state index contributed by atoms with van der Waals surface area (Å²) < 4.78 is 6.92. The molecule has 1 aromatic carbocycles. The van der Waals surface area contributed by atoms with E-state index in [2.05, 4.69) is 15.7 Å². The predicted molar refractivity (Wildman–Crippen MR) is 87.7 cm³/mol. The molecule has 2 heterocycles. The predicted octanol–water partition coefficient (Wildman–Crippen LogP) is 1.42. The number of carbonyl (C=O) groups is 1. The fourth-order valence-corrected chi connectivity index (χ4v) is 2.73. The summed E-state index contributed by atoms with van der Waals surface area (Å²) >= 11 is 0. The number of piperidine rings is 1. The molecule has 6 nitrogen and oxygen atoms in total. The van der Waals surface area contributed by atoms with Crippen LogP contribution in [0.5, 0.6) is 5.75 Å². The summed E-state index contributed by atoms with van der Waals surface area (Å²) in [6.07, 6.45) is 5.53. The van der Waals surface area contributed by atoms with Gasteiger partial charge in [-0.2, -0.15) is 5.10 Å². The van der Waals surface area contributed by atoms with Crippen molar-refractivity contribution in [3.63, 3.8) is 0 Å². The van der Waals surface area contributed by atoms with Gasteiger partial charge in [-0.1, -0.05) is 12.1 Å². The van der Waals surface area contributed by atoms with Gasteiger partial charge in [0, 0.05) is 18.8 Å². The molecule has 1 aromatic heterocycles. The average molecular weight is 314 g/mol. The molecule has 1 aliphatic heterocycles. The van der Waals surface area contributed by atoms with Crippen molar-refractivity contribution in [2.45, 2.75) is 25.4 Å². The number of hydrogen-bond acceptors (Lipinski definition) is 4. The Hall–Kier alpha value is -2.34. The van der Waals surface area contributed by atoms with Gasteiger partial charge in [-0.3, -0.25) is 9.48 Å². The summed E-state index contributed by atoms with van der Waals surface area (Å²) in [5, 5.41) is 10.6. The van der Waals surface area contributed by atoms with Crippen LogP contribution in [0.25, 0.3) is 0 Å². The number of benzene rings is 1. The SMILES string of the molecule is COc1ccc(Cn2cc(C(=O)NC3CCCNC3)cn2)cc1. The topological polar surface area (TPSA) is 68.2 Å². The van der Waals surface area contributed by atoms with Gasteiger partial charge in [-0.25, -0.2) is 0 Å². The van der Waals surface area contributed by atoms with E-state index in [0.29, 0.717) is 12.1 Å². The Bertz CT molecular complexity index is 645. The summed E-state index contributed by atoms with van der Waals surface area (Å²) in [5.41, 5.74) is 1.71. The molecular weight excluding hydrogens is 292 g/mol. The highest BCUT2D eigenvalue weighted by atomic mass is 16.5. The smallest absolute Gasteiger partial charge is 0.254 e. The van der Waals surface area contributed by atoms with Crippen LogP contribution in [0.2, 0.25) is 0 Å². The van der Waals surface area contributed by atoms with E-state index < -0.39 is 0 Å². The lowest BCUT2D eigenvalue weighted by atomic mass is 10.1. The van der Waals surface area contributed by atoms with Gasteiger partial charge < -0.3 is 15.4 Å². The molecule has 1 aliphatic rings. The van der Waals surface area contributed by atoms with Gasteiger partial charge in [-0.05, 0) is 37.1 Å². The highest BCUT2D eigenvalue weighted by Crippen LogP contribution is 2.12. The van der Waals surface area contributed by atoms with Crippen LogP contribution in [0.3, 0.4) is 0 Å². The average Bonchev–Trinajstić information content (AvgIpc) is 3.05. The van der Waals surface area contributed by atoms with Crippen LogP contribution in [0.4, 0.5) is 0 Å². The third-order valence-electron chi connectivity index (χ3n) is 4.03. The van der Waals surface area contributed by atoms with Crippen molar-refractivity contribution in [2.75, 3.05) is 20.2 Å². The van der Waals surface area contributed by atoms with Crippen molar-refractivity contribution in [2.24, 2.45) is 0 Å². The third kappa shape index (κ3) is 4.10. The first-order valence-corrected chi connectivity index (χ1v) is 7.91. The maximum absolute atomic E-state index is 12.3.